The summed E-state index contributed by atoms with van der Waals surface area (Å²) in [7, 11) is 0. The lowest BCUT2D eigenvalue weighted by atomic mass is 9.79. The molecule has 92 valence electrons. The lowest BCUT2D eigenvalue weighted by molar-refractivity contribution is 0.0765. The number of carboxylic acid groups (broad SMARTS) is 1. The number of amides is 1. The van der Waals surface area contributed by atoms with Crippen LogP contribution in [0.4, 0.5) is 4.79 Å². The zero-order valence-electron chi connectivity index (χ0n) is 9.56. The molecule has 2 rings (SSSR count). The van der Waals surface area contributed by atoms with Crippen molar-refractivity contribution in [2.24, 2.45) is 5.41 Å². The molecule has 0 aromatic carbocycles. The number of aliphatic hydroxyl groups is 1. The number of aliphatic hydroxyl groups excluding tert-OH is 1. The molecule has 0 radical (unpaired) electrons. The lowest BCUT2D eigenvalue weighted by Gasteiger charge is -2.40. The van der Waals surface area contributed by atoms with Gasteiger partial charge >= 0.3 is 6.09 Å². The van der Waals surface area contributed by atoms with E-state index in [4.69, 9.17) is 10.2 Å². The van der Waals surface area contributed by atoms with Crippen LogP contribution in [0.15, 0.2) is 0 Å². The molecular formula is C11H20N2O3. The van der Waals surface area contributed by atoms with E-state index in [1.165, 1.54) is 4.90 Å². The van der Waals surface area contributed by atoms with E-state index < -0.39 is 6.09 Å². The molecule has 1 amide bonds. The summed E-state index contributed by atoms with van der Waals surface area (Å²) < 4.78 is 0. The molecule has 2 aliphatic rings. The number of likely N-dealkylation sites (tertiary alicyclic amines) is 2. The SMILES string of the molecule is O=C(O)N1CCC2(CCCN(CCO)C2)C1. The second-order valence-corrected chi connectivity index (χ2v) is 5.06. The van der Waals surface area contributed by atoms with E-state index in [9.17, 15) is 4.79 Å². The van der Waals surface area contributed by atoms with Crippen LogP contribution in [0.3, 0.4) is 0 Å². The van der Waals surface area contributed by atoms with Crippen molar-refractivity contribution in [1.82, 2.24) is 9.80 Å². The summed E-state index contributed by atoms with van der Waals surface area (Å²) in [6.45, 7) is 4.23. The Balaban J connectivity index is 1.95. The third-order valence-electron chi connectivity index (χ3n) is 3.87. The monoisotopic (exact) mass is 228 g/mol. The Hall–Kier alpha value is -0.810. The van der Waals surface area contributed by atoms with E-state index in [0.29, 0.717) is 13.1 Å². The highest BCUT2D eigenvalue weighted by Crippen LogP contribution is 2.38. The smallest absolute Gasteiger partial charge is 0.407 e. The summed E-state index contributed by atoms with van der Waals surface area (Å²) in [4.78, 5) is 14.7. The van der Waals surface area contributed by atoms with Crippen LogP contribution < -0.4 is 0 Å². The Morgan fingerprint density at radius 3 is 2.69 bits per heavy atom. The molecule has 2 aliphatic heterocycles. The average molecular weight is 228 g/mol. The molecule has 0 saturated carbocycles. The Morgan fingerprint density at radius 1 is 1.25 bits per heavy atom. The maximum Gasteiger partial charge on any atom is 0.407 e. The van der Waals surface area contributed by atoms with Crippen LogP contribution >= 0.6 is 0 Å². The lowest BCUT2D eigenvalue weighted by Crippen LogP contribution is -2.46. The third kappa shape index (κ3) is 2.30. The molecule has 0 aliphatic carbocycles. The average Bonchev–Trinajstić information content (AvgIpc) is 2.63. The Morgan fingerprint density at radius 2 is 2.06 bits per heavy atom. The Kier molecular flexibility index (Phi) is 3.35. The minimum absolute atomic E-state index is 0.159. The molecule has 2 heterocycles. The molecule has 16 heavy (non-hydrogen) atoms. The molecule has 0 bridgehead atoms. The standard InChI is InChI=1S/C11H20N2O3/c14-7-6-12-4-1-2-11(8-12)3-5-13(9-11)10(15)16/h14H,1-9H2,(H,15,16). The van der Waals surface area contributed by atoms with E-state index in [2.05, 4.69) is 4.90 Å². The van der Waals surface area contributed by atoms with Crippen molar-refractivity contribution >= 4 is 6.09 Å². The number of hydrogen-bond acceptors (Lipinski definition) is 3. The molecule has 1 unspecified atom stereocenters. The molecular weight excluding hydrogens is 208 g/mol. The minimum Gasteiger partial charge on any atom is -0.465 e. The Bertz CT molecular complexity index is 270. The largest absolute Gasteiger partial charge is 0.465 e. The summed E-state index contributed by atoms with van der Waals surface area (Å²) in [5.41, 5.74) is 0.159. The van der Waals surface area contributed by atoms with E-state index in [0.717, 1.165) is 38.9 Å². The van der Waals surface area contributed by atoms with Crippen LogP contribution in [0.25, 0.3) is 0 Å². The van der Waals surface area contributed by atoms with E-state index in [1.807, 2.05) is 0 Å². The first kappa shape index (κ1) is 11.7. The van der Waals surface area contributed by atoms with Gasteiger partial charge in [-0.05, 0) is 25.8 Å². The summed E-state index contributed by atoms with van der Waals surface area (Å²) in [6, 6.07) is 0. The van der Waals surface area contributed by atoms with Crippen molar-refractivity contribution in [2.75, 3.05) is 39.3 Å². The maximum atomic E-state index is 10.9. The van der Waals surface area contributed by atoms with Crippen molar-refractivity contribution in [1.29, 1.82) is 0 Å². The zero-order valence-corrected chi connectivity index (χ0v) is 9.56. The second kappa shape index (κ2) is 4.59. The van der Waals surface area contributed by atoms with Crippen LogP contribution in [0.1, 0.15) is 19.3 Å². The van der Waals surface area contributed by atoms with Gasteiger partial charge in [0, 0.05) is 31.6 Å². The number of carbonyl (C=O) groups is 1. The molecule has 1 atom stereocenters. The topological polar surface area (TPSA) is 64.0 Å². The van der Waals surface area contributed by atoms with Gasteiger partial charge in [-0.2, -0.15) is 0 Å². The predicted molar refractivity (Wildman–Crippen MR) is 59.4 cm³/mol. The van der Waals surface area contributed by atoms with Gasteiger partial charge in [0.2, 0.25) is 0 Å². The summed E-state index contributed by atoms with van der Waals surface area (Å²) in [6.07, 6.45) is 2.42. The van der Waals surface area contributed by atoms with Gasteiger partial charge in [-0.25, -0.2) is 4.79 Å². The minimum atomic E-state index is -0.795. The summed E-state index contributed by atoms with van der Waals surface area (Å²) >= 11 is 0. The van der Waals surface area contributed by atoms with Gasteiger partial charge in [0.15, 0.2) is 0 Å². The highest BCUT2D eigenvalue weighted by atomic mass is 16.4. The fourth-order valence-corrected chi connectivity index (χ4v) is 3.07. The third-order valence-corrected chi connectivity index (χ3v) is 3.87. The Labute approximate surface area is 95.6 Å². The van der Waals surface area contributed by atoms with Gasteiger partial charge in [-0.1, -0.05) is 0 Å². The molecule has 2 saturated heterocycles. The van der Waals surface area contributed by atoms with E-state index >= 15 is 0 Å². The van der Waals surface area contributed by atoms with Gasteiger partial charge in [0.05, 0.1) is 6.61 Å². The fourth-order valence-electron chi connectivity index (χ4n) is 3.07. The van der Waals surface area contributed by atoms with Crippen LogP contribution in [-0.2, 0) is 0 Å². The first-order chi connectivity index (χ1) is 7.65. The number of hydrogen-bond donors (Lipinski definition) is 2. The van der Waals surface area contributed by atoms with Crippen LogP contribution in [0.5, 0.6) is 0 Å². The van der Waals surface area contributed by atoms with Crippen LogP contribution in [0, 0.1) is 5.41 Å². The van der Waals surface area contributed by atoms with Gasteiger partial charge in [-0.15, -0.1) is 0 Å². The van der Waals surface area contributed by atoms with Crippen molar-refractivity contribution in [3.05, 3.63) is 0 Å². The normalized spacial score (nSPS) is 31.2. The van der Waals surface area contributed by atoms with E-state index in [1.54, 1.807) is 0 Å². The second-order valence-electron chi connectivity index (χ2n) is 5.06. The maximum absolute atomic E-state index is 10.9. The molecule has 0 aromatic rings. The van der Waals surface area contributed by atoms with Crippen molar-refractivity contribution in [3.63, 3.8) is 0 Å². The van der Waals surface area contributed by atoms with Gasteiger partial charge in [0.25, 0.3) is 0 Å². The van der Waals surface area contributed by atoms with Crippen molar-refractivity contribution < 1.29 is 15.0 Å². The molecule has 2 fully saturated rings. The zero-order chi connectivity index (χ0) is 11.6. The number of nitrogens with zero attached hydrogens (tertiary/aromatic N) is 2. The molecule has 0 aromatic heterocycles. The predicted octanol–water partition coefficient (Wildman–Crippen LogP) is 0.445. The first-order valence-corrected chi connectivity index (χ1v) is 5.96. The highest BCUT2D eigenvalue weighted by molar-refractivity contribution is 5.65. The van der Waals surface area contributed by atoms with Gasteiger partial charge in [-0.3, -0.25) is 0 Å². The number of piperidine rings is 1. The number of rotatable bonds is 2. The summed E-state index contributed by atoms with van der Waals surface area (Å²) in [5, 5.41) is 17.9. The molecule has 2 N–H and O–H groups in total. The van der Waals surface area contributed by atoms with E-state index in [-0.39, 0.29) is 12.0 Å². The molecule has 5 heteroatoms. The van der Waals surface area contributed by atoms with Crippen LogP contribution in [-0.4, -0.2) is 65.4 Å². The molecule has 1 spiro atoms. The van der Waals surface area contributed by atoms with Gasteiger partial charge < -0.3 is 20.0 Å². The van der Waals surface area contributed by atoms with Crippen molar-refractivity contribution in [2.45, 2.75) is 19.3 Å². The number of β-amino-alcohol motifs (C(OH)–C–C–N with tert-alkyl or cyclic N) is 1. The van der Waals surface area contributed by atoms with Gasteiger partial charge in [0.1, 0.15) is 0 Å². The first-order valence-electron chi connectivity index (χ1n) is 5.96. The molecule has 5 nitrogen and oxygen atoms in total. The van der Waals surface area contributed by atoms with Crippen molar-refractivity contribution in [3.8, 4) is 0 Å². The van der Waals surface area contributed by atoms with Crippen LogP contribution in [0.2, 0.25) is 0 Å². The highest BCUT2D eigenvalue weighted by Gasteiger charge is 2.42. The quantitative estimate of drug-likeness (QED) is 0.720. The summed E-state index contributed by atoms with van der Waals surface area (Å²) in [5.74, 6) is 0. The fraction of sp³-hybridized carbons (Fsp3) is 0.909.